The Hall–Kier alpha value is -2.21. The lowest BCUT2D eigenvalue weighted by molar-refractivity contribution is 0.432. The Labute approximate surface area is 116 Å². The highest BCUT2D eigenvalue weighted by Gasteiger charge is 2.13. The van der Waals surface area contributed by atoms with Gasteiger partial charge in [-0.15, -0.1) is 0 Å². The molecule has 2 aromatic heterocycles. The number of aromatic nitrogens is 3. The molecule has 3 rings (SSSR count). The van der Waals surface area contributed by atoms with E-state index in [4.69, 9.17) is 4.52 Å². The molecule has 94 valence electrons. The molecule has 1 N–H and O–H groups in total. The minimum atomic E-state index is -0.257. The summed E-state index contributed by atoms with van der Waals surface area (Å²) < 4.78 is 6.05. The van der Waals surface area contributed by atoms with Crippen LogP contribution in [0.5, 0.6) is 0 Å². The predicted octanol–water partition coefficient (Wildman–Crippen LogP) is 2.85. The number of hydrogen-bond donors (Lipinski definition) is 1. The summed E-state index contributed by atoms with van der Waals surface area (Å²) in [6.45, 7) is 0. The average molecular weight is 318 g/mol. The van der Waals surface area contributed by atoms with E-state index in [0.717, 1.165) is 10.0 Å². The van der Waals surface area contributed by atoms with Crippen molar-refractivity contribution in [2.24, 2.45) is 0 Å². The van der Waals surface area contributed by atoms with Gasteiger partial charge in [-0.3, -0.25) is 4.79 Å². The number of nitrogens with one attached hydrogen (secondary N) is 1. The molecule has 0 radical (unpaired) electrons. The fourth-order valence-electron chi connectivity index (χ4n) is 1.67. The van der Waals surface area contributed by atoms with E-state index in [9.17, 15) is 4.79 Å². The number of aromatic amines is 1. The van der Waals surface area contributed by atoms with E-state index >= 15 is 0 Å². The summed E-state index contributed by atoms with van der Waals surface area (Å²) in [6, 6.07) is 10.9. The molecule has 0 aliphatic rings. The Morgan fingerprint density at radius 1 is 1.21 bits per heavy atom. The molecule has 0 amide bonds. The van der Waals surface area contributed by atoms with Gasteiger partial charge >= 0.3 is 0 Å². The monoisotopic (exact) mass is 317 g/mol. The van der Waals surface area contributed by atoms with Gasteiger partial charge in [-0.25, -0.2) is 0 Å². The predicted molar refractivity (Wildman–Crippen MR) is 73.5 cm³/mol. The van der Waals surface area contributed by atoms with Crippen LogP contribution in [0.25, 0.3) is 22.8 Å². The molecule has 0 unspecified atom stereocenters. The molecule has 5 nitrogen and oxygen atoms in total. The first-order valence-corrected chi connectivity index (χ1v) is 6.31. The first kappa shape index (κ1) is 11.9. The molecule has 3 aromatic rings. The van der Waals surface area contributed by atoms with Crippen LogP contribution in [0.3, 0.4) is 0 Å². The first-order valence-electron chi connectivity index (χ1n) is 5.52. The lowest BCUT2D eigenvalue weighted by Crippen LogP contribution is -2.06. The normalized spacial score (nSPS) is 10.6. The highest BCUT2D eigenvalue weighted by molar-refractivity contribution is 9.10. The molecule has 0 spiro atoms. The second-order valence-corrected chi connectivity index (χ2v) is 4.76. The largest absolute Gasteiger partial charge is 0.333 e. The molecule has 0 fully saturated rings. The van der Waals surface area contributed by atoms with Crippen LogP contribution in [-0.4, -0.2) is 15.1 Å². The van der Waals surface area contributed by atoms with E-state index < -0.39 is 0 Å². The fraction of sp³-hybridized carbons (Fsp3) is 0. The van der Waals surface area contributed by atoms with Crippen molar-refractivity contribution in [1.82, 2.24) is 15.1 Å². The topological polar surface area (TPSA) is 71.8 Å². The third-order valence-corrected chi connectivity index (χ3v) is 3.05. The van der Waals surface area contributed by atoms with Crippen molar-refractivity contribution in [3.05, 3.63) is 57.4 Å². The van der Waals surface area contributed by atoms with E-state index in [2.05, 4.69) is 31.1 Å². The van der Waals surface area contributed by atoms with Gasteiger partial charge in [-0.05, 0) is 24.3 Å². The van der Waals surface area contributed by atoms with Crippen molar-refractivity contribution in [2.75, 3.05) is 0 Å². The van der Waals surface area contributed by atoms with Gasteiger partial charge < -0.3 is 9.51 Å². The molecule has 1 aromatic carbocycles. The van der Waals surface area contributed by atoms with Gasteiger partial charge in [0.05, 0.1) is 0 Å². The van der Waals surface area contributed by atoms with Gasteiger partial charge in [-0.2, -0.15) is 4.98 Å². The lowest BCUT2D eigenvalue weighted by atomic mass is 10.2. The summed E-state index contributed by atoms with van der Waals surface area (Å²) in [5, 5.41) is 3.89. The van der Waals surface area contributed by atoms with E-state index in [1.54, 1.807) is 18.3 Å². The minimum Gasteiger partial charge on any atom is -0.333 e. The average Bonchev–Trinajstić information content (AvgIpc) is 2.89. The van der Waals surface area contributed by atoms with Crippen molar-refractivity contribution >= 4 is 15.9 Å². The number of rotatable bonds is 2. The first-order chi connectivity index (χ1) is 9.24. The minimum absolute atomic E-state index is 0.205. The zero-order chi connectivity index (χ0) is 13.2. The molecule has 0 aliphatic heterocycles. The lowest BCUT2D eigenvalue weighted by Gasteiger charge is -1.94. The number of H-pyrrole nitrogens is 1. The maximum atomic E-state index is 11.6. The highest BCUT2D eigenvalue weighted by atomic mass is 79.9. The Balaban J connectivity index is 2.05. The summed E-state index contributed by atoms with van der Waals surface area (Å²) >= 11 is 3.38. The number of nitrogens with zero attached hydrogens (tertiary/aromatic N) is 2. The zero-order valence-electron chi connectivity index (χ0n) is 9.63. The third kappa shape index (κ3) is 2.34. The molecule has 0 atom stereocenters. The third-order valence-electron chi connectivity index (χ3n) is 2.56. The highest BCUT2D eigenvalue weighted by Crippen LogP contribution is 2.22. The van der Waals surface area contributed by atoms with Crippen molar-refractivity contribution in [2.45, 2.75) is 0 Å². The van der Waals surface area contributed by atoms with E-state index in [1.165, 1.54) is 0 Å². The van der Waals surface area contributed by atoms with Crippen molar-refractivity contribution in [3.63, 3.8) is 0 Å². The van der Waals surface area contributed by atoms with Gasteiger partial charge in [0.2, 0.25) is 5.82 Å². The van der Waals surface area contributed by atoms with Crippen LogP contribution in [0.15, 0.2) is 56.4 Å². The number of pyridine rings is 1. The quantitative estimate of drug-likeness (QED) is 0.788. The van der Waals surface area contributed by atoms with Crippen LogP contribution in [0.2, 0.25) is 0 Å². The van der Waals surface area contributed by atoms with Crippen LogP contribution in [0, 0.1) is 0 Å². The summed E-state index contributed by atoms with van der Waals surface area (Å²) in [4.78, 5) is 18.4. The Morgan fingerprint density at radius 2 is 2.11 bits per heavy atom. The molecular formula is C13H8BrN3O2. The van der Waals surface area contributed by atoms with Crippen LogP contribution >= 0.6 is 15.9 Å². The number of hydrogen-bond acceptors (Lipinski definition) is 4. The second kappa shape index (κ2) is 4.81. The van der Waals surface area contributed by atoms with E-state index in [0.29, 0.717) is 11.4 Å². The standard InChI is InChI=1S/C13H8BrN3O2/c14-9-4-1-3-8(7-9)11-16-13(19-17-11)10-5-2-6-15-12(10)18/h1-7H,(H,15,18). The Morgan fingerprint density at radius 3 is 2.89 bits per heavy atom. The Bertz CT molecular complexity index is 779. The summed E-state index contributed by atoms with van der Waals surface area (Å²) in [5.74, 6) is 0.649. The summed E-state index contributed by atoms with van der Waals surface area (Å²) in [6.07, 6.45) is 1.55. The van der Waals surface area contributed by atoms with Crippen LogP contribution < -0.4 is 5.56 Å². The van der Waals surface area contributed by atoms with Crippen molar-refractivity contribution < 1.29 is 4.52 Å². The zero-order valence-corrected chi connectivity index (χ0v) is 11.2. The van der Waals surface area contributed by atoms with Gasteiger partial charge in [-0.1, -0.05) is 33.2 Å². The van der Waals surface area contributed by atoms with E-state index in [1.807, 2.05) is 24.3 Å². The maximum absolute atomic E-state index is 11.6. The smallest absolute Gasteiger partial charge is 0.263 e. The summed E-state index contributed by atoms with van der Waals surface area (Å²) in [7, 11) is 0. The van der Waals surface area contributed by atoms with Gasteiger partial charge in [0.1, 0.15) is 5.56 Å². The fourth-order valence-corrected chi connectivity index (χ4v) is 2.07. The van der Waals surface area contributed by atoms with Crippen LogP contribution in [0.1, 0.15) is 0 Å². The Kier molecular flexibility index (Phi) is 3.00. The van der Waals surface area contributed by atoms with Gasteiger partial charge in [0, 0.05) is 16.2 Å². The molecule has 0 bridgehead atoms. The van der Waals surface area contributed by atoms with Crippen molar-refractivity contribution in [1.29, 1.82) is 0 Å². The molecule has 6 heteroatoms. The van der Waals surface area contributed by atoms with Gasteiger partial charge in [0.15, 0.2) is 0 Å². The van der Waals surface area contributed by atoms with Crippen LogP contribution in [-0.2, 0) is 0 Å². The molecule has 0 saturated heterocycles. The SMILES string of the molecule is O=c1[nH]cccc1-c1nc(-c2cccc(Br)c2)no1. The maximum Gasteiger partial charge on any atom is 0.263 e. The number of halogens is 1. The molecule has 2 heterocycles. The number of benzene rings is 1. The molecule has 0 aliphatic carbocycles. The summed E-state index contributed by atoms with van der Waals surface area (Å²) in [5.41, 5.74) is 0.917. The second-order valence-electron chi connectivity index (χ2n) is 3.85. The molecule has 0 saturated carbocycles. The van der Waals surface area contributed by atoms with Crippen molar-refractivity contribution in [3.8, 4) is 22.8 Å². The van der Waals surface area contributed by atoms with Gasteiger partial charge in [0.25, 0.3) is 11.4 Å². The molecular weight excluding hydrogens is 310 g/mol. The molecule has 19 heavy (non-hydrogen) atoms. The van der Waals surface area contributed by atoms with Crippen LogP contribution in [0.4, 0.5) is 0 Å². The van der Waals surface area contributed by atoms with E-state index in [-0.39, 0.29) is 11.4 Å².